The summed E-state index contributed by atoms with van der Waals surface area (Å²) in [5.74, 6) is 1.31. The first kappa shape index (κ1) is 26.5. The lowest BCUT2D eigenvalue weighted by molar-refractivity contribution is 0.0188. The van der Waals surface area contributed by atoms with Gasteiger partial charge < -0.3 is 26.0 Å². The number of carbonyl (C=O) groups is 1. The highest BCUT2D eigenvalue weighted by Crippen LogP contribution is 2.31. The van der Waals surface area contributed by atoms with Crippen LogP contribution in [-0.4, -0.2) is 58.3 Å². The summed E-state index contributed by atoms with van der Waals surface area (Å²) < 4.78 is 5.50. The molecule has 1 aliphatic carbocycles. The molecule has 4 N–H and O–H groups in total. The van der Waals surface area contributed by atoms with E-state index in [1.54, 1.807) is 6.20 Å². The minimum absolute atomic E-state index is 0.221. The number of nitrogens with two attached hydrogens (primary N) is 1. The Morgan fingerprint density at radius 1 is 1.11 bits per heavy atom. The van der Waals surface area contributed by atoms with Crippen molar-refractivity contribution in [2.75, 3.05) is 30.3 Å². The van der Waals surface area contributed by atoms with Gasteiger partial charge in [0.1, 0.15) is 11.4 Å². The van der Waals surface area contributed by atoms with Crippen LogP contribution >= 0.6 is 11.6 Å². The van der Waals surface area contributed by atoms with Gasteiger partial charge in [-0.05, 0) is 77.3 Å². The SMILES string of the molecule is CC(C)(C)OC(=O)N1CCC(CNc2cncc(-c3cc(NC4CCC(N)CC4)ncc3Cl)c2)CC1. The Morgan fingerprint density at radius 3 is 2.53 bits per heavy atom. The highest BCUT2D eigenvalue weighted by molar-refractivity contribution is 6.33. The summed E-state index contributed by atoms with van der Waals surface area (Å²) in [6, 6.07) is 4.78. The van der Waals surface area contributed by atoms with Gasteiger partial charge in [0.25, 0.3) is 0 Å². The quantitative estimate of drug-likeness (QED) is 0.464. The number of hydrogen-bond acceptors (Lipinski definition) is 7. The second kappa shape index (κ2) is 11.6. The topological polar surface area (TPSA) is 105 Å². The van der Waals surface area contributed by atoms with Crippen LogP contribution in [0, 0.1) is 5.92 Å². The van der Waals surface area contributed by atoms with Crippen molar-refractivity contribution in [2.45, 2.75) is 77.0 Å². The number of likely N-dealkylation sites (tertiary alicyclic amines) is 1. The molecule has 2 aliphatic rings. The van der Waals surface area contributed by atoms with Crippen LogP contribution < -0.4 is 16.4 Å². The average molecular weight is 515 g/mol. The summed E-state index contributed by atoms with van der Waals surface area (Å²) in [5, 5.41) is 7.67. The fourth-order valence-corrected chi connectivity index (χ4v) is 5.02. The standard InChI is InChI=1S/C27H39ClN6O2/c1-27(2,3)36-26(35)34-10-8-18(9-11-34)14-31-22-12-19(15-30-16-22)23-13-25(32-17-24(23)28)33-21-6-4-20(29)5-7-21/h12-13,15-18,20-21,31H,4-11,14,29H2,1-3H3,(H,32,33). The first-order chi connectivity index (χ1) is 17.2. The molecule has 196 valence electrons. The van der Waals surface area contributed by atoms with E-state index in [-0.39, 0.29) is 6.09 Å². The number of amides is 1. The molecule has 4 rings (SSSR count). The number of aromatic nitrogens is 2. The molecule has 9 heteroatoms. The number of piperidine rings is 1. The van der Waals surface area contributed by atoms with Gasteiger partial charge in [0.2, 0.25) is 0 Å². The zero-order valence-electron chi connectivity index (χ0n) is 21.6. The van der Waals surface area contributed by atoms with Gasteiger partial charge in [-0.2, -0.15) is 0 Å². The smallest absolute Gasteiger partial charge is 0.410 e. The summed E-state index contributed by atoms with van der Waals surface area (Å²) in [7, 11) is 0. The number of nitrogens with one attached hydrogen (secondary N) is 2. The van der Waals surface area contributed by atoms with Crippen molar-refractivity contribution in [1.29, 1.82) is 0 Å². The Balaban J connectivity index is 1.32. The zero-order valence-corrected chi connectivity index (χ0v) is 22.4. The van der Waals surface area contributed by atoms with Gasteiger partial charge in [0.05, 0.1) is 10.7 Å². The van der Waals surface area contributed by atoms with E-state index in [9.17, 15) is 4.79 Å². The largest absolute Gasteiger partial charge is 0.444 e. The van der Waals surface area contributed by atoms with Crippen LogP contribution in [0.3, 0.4) is 0 Å². The molecular weight excluding hydrogens is 476 g/mol. The van der Waals surface area contributed by atoms with E-state index in [0.717, 1.165) is 80.8 Å². The van der Waals surface area contributed by atoms with Crippen LogP contribution in [0.4, 0.5) is 16.3 Å². The third kappa shape index (κ3) is 7.46. The number of nitrogens with zero attached hydrogens (tertiary/aromatic N) is 3. The molecule has 0 bridgehead atoms. The van der Waals surface area contributed by atoms with Crippen LogP contribution in [0.15, 0.2) is 30.7 Å². The number of hydrogen-bond donors (Lipinski definition) is 3. The molecule has 0 aromatic carbocycles. The van der Waals surface area contributed by atoms with Crippen LogP contribution in [0.5, 0.6) is 0 Å². The van der Waals surface area contributed by atoms with Crippen LogP contribution in [-0.2, 0) is 4.74 Å². The van der Waals surface area contributed by atoms with Gasteiger partial charge in [-0.15, -0.1) is 0 Å². The van der Waals surface area contributed by atoms with E-state index >= 15 is 0 Å². The second-order valence-electron chi connectivity index (χ2n) is 11.1. The van der Waals surface area contributed by atoms with E-state index in [0.29, 0.717) is 23.0 Å². The molecule has 1 aliphatic heterocycles. The van der Waals surface area contributed by atoms with E-state index < -0.39 is 5.60 Å². The lowest BCUT2D eigenvalue weighted by Crippen LogP contribution is -2.42. The number of anilines is 2. The molecule has 0 atom stereocenters. The summed E-state index contributed by atoms with van der Waals surface area (Å²) in [4.78, 5) is 23.0. The highest BCUT2D eigenvalue weighted by Gasteiger charge is 2.27. The van der Waals surface area contributed by atoms with Gasteiger partial charge in [0.15, 0.2) is 0 Å². The first-order valence-corrected chi connectivity index (χ1v) is 13.4. The minimum Gasteiger partial charge on any atom is -0.444 e. The third-order valence-electron chi connectivity index (χ3n) is 6.89. The van der Waals surface area contributed by atoms with E-state index in [1.165, 1.54) is 0 Å². The maximum Gasteiger partial charge on any atom is 0.410 e. The molecule has 8 nitrogen and oxygen atoms in total. The summed E-state index contributed by atoms with van der Waals surface area (Å²) in [6.07, 6.45) is 11.2. The number of ether oxygens (including phenoxy) is 1. The van der Waals surface area contributed by atoms with Gasteiger partial charge in [-0.3, -0.25) is 4.98 Å². The molecule has 1 saturated heterocycles. The van der Waals surface area contributed by atoms with Crippen molar-refractivity contribution >= 4 is 29.2 Å². The predicted octanol–water partition coefficient (Wildman–Crippen LogP) is 5.54. The highest BCUT2D eigenvalue weighted by atomic mass is 35.5. The van der Waals surface area contributed by atoms with Crippen molar-refractivity contribution < 1.29 is 9.53 Å². The molecule has 36 heavy (non-hydrogen) atoms. The fraction of sp³-hybridized carbons (Fsp3) is 0.593. The average Bonchev–Trinajstić information content (AvgIpc) is 2.85. The molecule has 2 fully saturated rings. The fourth-order valence-electron chi connectivity index (χ4n) is 4.80. The van der Waals surface area contributed by atoms with Gasteiger partial charge >= 0.3 is 6.09 Å². The van der Waals surface area contributed by atoms with E-state index in [2.05, 4.69) is 26.7 Å². The van der Waals surface area contributed by atoms with Crippen molar-refractivity contribution in [3.05, 3.63) is 35.7 Å². The lowest BCUT2D eigenvalue weighted by Gasteiger charge is -2.33. The molecule has 1 amide bonds. The number of pyridine rings is 2. The van der Waals surface area contributed by atoms with Crippen molar-refractivity contribution in [3.63, 3.8) is 0 Å². The molecule has 2 aromatic heterocycles. The van der Waals surface area contributed by atoms with Crippen LogP contribution in [0.25, 0.3) is 11.1 Å². The maximum absolute atomic E-state index is 12.3. The van der Waals surface area contributed by atoms with E-state index in [4.69, 9.17) is 22.1 Å². The third-order valence-corrected chi connectivity index (χ3v) is 7.19. The number of carbonyl (C=O) groups excluding carboxylic acids is 1. The molecule has 0 unspecified atom stereocenters. The Hall–Kier alpha value is -2.58. The minimum atomic E-state index is -0.466. The maximum atomic E-state index is 12.3. The Bertz CT molecular complexity index is 1030. The van der Waals surface area contributed by atoms with Gasteiger partial charge in [-0.25, -0.2) is 9.78 Å². The summed E-state index contributed by atoms with van der Waals surface area (Å²) in [5.41, 5.74) is 8.37. The lowest BCUT2D eigenvalue weighted by atomic mass is 9.92. The van der Waals surface area contributed by atoms with Gasteiger partial charge in [-0.1, -0.05) is 11.6 Å². The Labute approximate surface area is 219 Å². The molecule has 0 spiro atoms. The molecule has 1 saturated carbocycles. The first-order valence-electron chi connectivity index (χ1n) is 13.0. The van der Waals surface area contributed by atoms with Crippen molar-refractivity contribution in [3.8, 4) is 11.1 Å². The predicted molar refractivity (Wildman–Crippen MR) is 145 cm³/mol. The summed E-state index contributed by atoms with van der Waals surface area (Å²) in [6.45, 7) is 7.95. The van der Waals surface area contributed by atoms with Crippen molar-refractivity contribution in [1.82, 2.24) is 14.9 Å². The summed E-state index contributed by atoms with van der Waals surface area (Å²) >= 11 is 6.53. The molecule has 2 aromatic rings. The van der Waals surface area contributed by atoms with Crippen LogP contribution in [0.1, 0.15) is 59.3 Å². The Morgan fingerprint density at radius 2 is 1.83 bits per heavy atom. The number of rotatable bonds is 6. The molecule has 3 heterocycles. The Kier molecular flexibility index (Phi) is 8.57. The molecular formula is C27H39ClN6O2. The molecule has 0 radical (unpaired) electrons. The van der Waals surface area contributed by atoms with Crippen LogP contribution in [0.2, 0.25) is 5.02 Å². The normalized spacial score (nSPS) is 21.2. The second-order valence-corrected chi connectivity index (χ2v) is 11.5. The number of halogens is 1. The van der Waals surface area contributed by atoms with Gasteiger partial charge in [0, 0.05) is 61.4 Å². The monoisotopic (exact) mass is 514 g/mol. The van der Waals surface area contributed by atoms with E-state index in [1.807, 2.05) is 44.1 Å². The zero-order chi connectivity index (χ0) is 25.7. The van der Waals surface area contributed by atoms with Crippen molar-refractivity contribution in [2.24, 2.45) is 11.7 Å².